The maximum Gasteiger partial charge on any atom is 0.408 e. The number of nitrogens with zero attached hydrogens (tertiary/aromatic N) is 4. The SMILES string of the molecule is CCNc1nc(C)c(-c2nc(C3CCOCC3)nn2CC(F)(F)F)s1. The van der Waals surface area contributed by atoms with E-state index in [4.69, 9.17) is 4.74 Å². The lowest BCUT2D eigenvalue weighted by Crippen LogP contribution is -2.20. The van der Waals surface area contributed by atoms with Gasteiger partial charge in [0.1, 0.15) is 6.54 Å². The Morgan fingerprint density at radius 3 is 2.64 bits per heavy atom. The normalized spacial score (nSPS) is 16.4. The average molecular weight is 375 g/mol. The van der Waals surface area contributed by atoms with E-state index in [1.165, 1.54) is 11.3 Å². The Morgan fingerprint density at radius 2 is 2.00 bits per heavy atom. The number of hydrogen-bond donors (Lipinski definition) is 1. The second-order valence-electron chi connectivity index (χ2n) is 5.92. The van der Waals surface area contributed by atoms with Gasteiger partial charge in [0.2, 0.25) is 0 Å². The molecule has 6 nitrogen and oxygen atoms in total. The lowest BCUT2D eigenvalue weighted by Gasteiger charge is -2.18. The maximum absolute atomic E-state index is 13.0. The van der Waals surface area contributed by atoms with Gasteiger partial charge in [-0.05, 0) is 26.7 Å². The molecule has 1 aliphatic heterocycles. The van der Waals surface area contributed by atoms with Crippen LogP contribution in [-0.2, 0) is 11.3 Å². The van der Waals surface area contributed by atoms with E-state index in [1.807, 2.05) is 6.92 Å². The Bertz CT molecular complexity index is 721. The molecule has 0 atom stereocenters. The van der Waals surface area contributed by atoms with E-state index in [0.717, 1.165) is 17.5 Å². The van der Waals surface area contributed by atoms with Crippen LogP contribution in [0.3, 0.4) is 0 Å². The number of anilines is 1. The first kappa shape index (κ1) is 18.1. The Hall–Kier alpha value is -1.68. The van der Waals surface area contributed by atoms with Crippen molar-refractivity contribution < 1.29 is 17.9 Å². The molecular formula is C15H20F3N5OS. The summed E-state index contributed by atoms with van der Waals surface area (Å²) in [7, 11) is 0. The van der Waals surface area contributed by atoms with E-state index in [0.29, 0.717) is 41.3 Å². The monoisotopic (exact) mass is 375 g/mol. The average Bonchev–Trinajstić information content (AvgIpc) is 3.10. The van der Waals surface area contributed by atoms with Crippen molar-refractivity contribution in [2.45, 2.75) is 45.3 Å². The van der Waals surface area contributed by atoms with Gasteiger partial charge < -0.3 is 10.1 Å². The van der Waals surface area contributed by atoms with Crippen LogP contribution in [0.1, 0.15) is 37.2 Å². The van der Waals surface area contributed by atoms with Crippen molar-refractivity contribution in [2.24, 2.45) is 0 Å². The number of aryl methyl sites for hydroxylation is 1. The third-order valence-electron chi connectivity index (χ3n) is 3.93. The Labute approximate surface area is 147 Å². The highest BCUT2D eigenvalue weighted by Crippen LogP contribution is 2.34. The zero-order chi connectivity index (χ0) is 18.0. The van der Waals surface area contributed by atoms with Crippen molar-refractivity contribution in [3.8, 4) is 10.7 Å². The summed E-state index contributed by atoms with van der Waals surface area (Å²) in [4.78, 5) is 9.44. The van der Waals surface area contributed by atoms with E-state index >= 15 is 0 Å². The van der Waals surface area contributed by atoms with Crippen LogP contribution in [0.15, 0.2) is 0 Å². The van der Waals surface area contributed by atoms with Crippen molar-refractivity contribution in [2.75, 3.05) is 25.1 Å². The number of thiazole rings is 1. The van der Waals surface area contributed by atoms with E-state index < -0.39 is 12.7 Å². The molecule has 3 rings (SSSR count). The predicted molar refractivity (Wildman–Crippen MR) is 88.9 cm³/mol. The Morgan fingerprint density at radius 1 is 1.28 bits per heavy atom. The van der Waals surface area contributed by atoms with Gasteiger partial charge in [-0.25, -0.2) is 14.6 Å². The third kappa shape index (κ3) is 4.30. The Kier molecular flexibility index (Phi) is 5.28. The molecule has 0 bridgehead atoms. The van der Waals surface area contributed by atoms with Gasteiger partial charge in [-0.15, -0.1) is 0 Å². The number of halogens is 3. The summed E-state index contributed by atoms with van der Waals surface area (Å²) in [6, 6.07) is 0. The van der Waals surface area contributed by atoms with E-state index in [9.17, 15) is 13.2 Å². The predicted octanol–water partition coefficient (Wildman–Crippen LogP) is 3.60. The number of ether oxygens (including phenoxy) is 1. The summed E-state index contributed by atoms with van der Waals surface area (Å²) < 4.78 is 45.2. The molecule has 10 heteroatoms. The lowest BCUT2D eigenvalue weighted by molar-refractivity contribution is -0.142. The molecule has 138 valence electrons. The summed E-state index contributed by atoms with van der Waals surface area (Å²) in [5.41, 5.74) is 0.648. The first-order valence-corrected chi connectivity index (χ1v) is 9.00. The van der Waals surface area contributed by atoms with Gasteiger partial charge in [-0.1, -0.05) is 11.3 Å². The summed E-state index contributed by atoms with van der Waals surface area (Å²) in [5.74, 6) is 0.724. The molecule has 0 amide bonds. The fourth-order valence-corrected chi connectivity index (χ4v) is 3.80. The molecular weight excluding hydrogens is 355 g/mol. The first-order chi connectivity index (χ1) is 11.9. The largest absolute Gasteiger partial charge is 0.408 e. The van der Waals surface area contributed by atoms with Gasteiger partial charge in [0, 0.05) is 25.7 Å². The highest BCUT2D eigenvalue weighted by atomic mass is 32.1. The van der Waals surface area contributed by atoms with Crippen LogP contribution in [0.4, 0.5) is 18.3 Å². The molecule has 3 heterocycles. The maximum atomic E-state index is 13.0. The molecule has 25 heavy (non-hydrogen) atoms. The number of hydrogen-bond acceptors (Lipinski definition) is 6. The molecule has 0 saturated carbocycles. The zero-order valence-corrected chi connectivity index (χ0v) is 14.9. The van der Waals surface area contributed by atoms with Crippen LogP contribution >= 0.6 is 11.3 Å². The fraction of sp³-hybridized carbons (Fsp3) is 0.667. The van der Waals surface area contributed by atoms with Crippen molar-refractivity contribution >= 4 is 16.5 Å². The number of alkyl halides is 3. The molecule has 0 radical (unpaired) electrons. The van der Waals surface area contributed by atoms with E-state index in [2.05, 4.69) is 20.4 Å². The van der Waals surface area contributed by atoms with Crippen molar-refractivity contribution in [1.29, 1.82) is 0 Å². The Balaban J connectivity index is 1.99. The van der Waals surface area contributed by atoms with Crippen LogP contribution in [0, 0.1) is 6.92 Å². The first-order valence-electron chi connectivity index (χ1n) is 8.18. The molecule has 0 aromatic carbocycles. The quantitative estimate of drug-likeness (QED) is 0.865. The van der Waals surface area contributed by atoms with Gasteiger partial charge in [-0.2, -0.15) is 18.3 Å². The smallest absolute Gasteiger partial charge is 0.381 e. The van der Waals surface area contributed by atoms with Gasteiger partial charge in [-0.3, -0.25) is 0 Å². The van der Waals surface area contributed by atoms with Gasteiger partial charge in [0.05, 0.1) is 10.6 Å². The fourth-order valence-electron chi connectivity index (χ4n) is 2.77. The van der Waals surface area contributed by atoms with Crippen LogP contribution in [0.25, 0.3) is 10.7 Å². The zero-order valence-electron chi connectivity index (χ0n) is 14.1. The number of aromatic nitrogens is 4. The van der Waals surface area contributed by atoms with Crippen LogP contribution in [-0.4, -0.2) is 45.7 Å². The molecule has 2 aromatic heterocycles. The molecule has 1 N–H and O–H groups in total. The highest BCUT2D eigenvalue weighted by Gasteiger charge is 2.32. The molecule has 1 saturated heterocycles. The minimum atomic E-state index is -4.36. The molecule has 2 aromatic rings. The van der Waals surface area contributed by atoms with E-state index in [1.54, 1.807) is 6.92 Å². The van der Waals surface area contributed by atoms with Gasteiger partial charge >= 0.3 is 6.18 Å². The van der Waals surface area contributed by atoms with Crippen LogP contribution < -0.4 is 5.32 Å². The van der Waals surface area contributed by atoms with Crippen LogP contribution in [0.5, 0.6) is 0 Å². The topological polar surface area (TPSA) is 64.9 Å². The minimum Gasteiger partial charge on any atom is -0.381 e. The molecule has 1 fully saturated rings. The van der Waals surface area contributed by atoms with Crippen molar-refractivity contribution in [1.82, 2.24) is 19.7 Å². The van der Waals surface area contributed by atoms with Gasteiger partial charge in [0.15, 0.2) is 16.8 Å². The molecule has 0 aliphatic carbocycles. The standard InChI is InChI=1S/C15H20F3N5OS/c1-3-19-14-20-9(2)11(25-14)13-21-12(10-4-6-24-7-5-10)22-23(13)8-15(16,17)18/h10H,3-8H2,1-2H3,(H,19,20). The third-order valence-corrected chi connectivity index (χ3v) is 5.04. The number of rotatable bonds is 5. The summed E-state index contributed by atoms with van der Waals surface area (Å²) in [6.07, 6.45) is -2.92. The number of nitrogens with one attached hydrogen (secondary N) is 1. The molecule has 0 spiro atoms. The summed E-state index contributed by atoms with van der Waals surface area (Å²) in [5, 5.41) is 7.94. The van der Waals surface area contributed by atoms with Crippen LogP contribution in [0.2, 0.25) is 0 Å². The van der Waals surface area contributed by atoms with Crippen molar-refractivity contribution in [3.05, 3.63) is 11.5 Å². The summed E-state index contributed by atoms with van der Waals surface area (Å²) in [6.45, 7) is 4.40. The highest BCUT2D eigenvalue weighted by molar-refractivity contribution is 7.19. The van der Waals surface area contributed by atoms with E-state index in [-0.39, 0.29) is 11.7 Å². The van der Waals surface area contributed by atoms with Crippen molar-refractivity contribution in [3.63, 3.8) is 0 Å². The second-order valence-corrected chi connectivity index (χ2v) is 6.92. The lowest BCUT2D eigenvalue weighted by atomic mass is 10.00. The molecule has 1 aliphatic rings. The molecule has 0 unspecified atom stereocenters. The van der Waals surface area contributed by atoms with Gasteiger partial charge in [0.25, 0.3) is 0 Å². The minimum absolute atomic E-state index is 0.0310. The summed E-state index contributed by atoms with van der Waals surface area (Å²) >= 11 is 1.30. The second kappa shape index (κ2) is 7.28.